The lowest BCUT2D eigenvalue weighted by atomic mass is 10.2. The van der Waals surface area contributed by atoms with E-state index in [1.807, 2.05) is 6.92 Å². The minimum atomic E-state index is -1.10. The second-order valence-electron chi connectivity index (χ2n) is 3.45. The van der Waals surface area contributed by atoms with Crippen molar-refractivity contribution in [2.45, 2.75) is 6.92 Å². The SMILES string of the molecule is Cc1ccc(F)c(Nc2nc(C(=O)O)cs2)c1. The molecule has 0 atom stereocenters. The summed E-state index contributed by atoms with van der Waals surface area (Å²) in [5.74, 6) is -1.50. The Labute approximate surface area is 101 Å². The van der Waals surface area contributed by atoms with Gasteiger partial charge in [0.1, 0.15) is 5.82 Å². The number of hydrogen-bond donors (Lipinski definition) is 2. The molecule has 0 aliphatic rings. The van der Waals surface area contributed by atoms with E-state index < -0.39 is 11.8 Å². The first-order valence-electron chi connectivity index (χ1n) is 4.78. The zero-order valence-electron chi connectivity index (χ0n) is 8.90. The van der Waals surface area contributed by atoms with Crippen molar-refractivity contribution in [1.29, 1.82) is 0 Å². The number of benzene rings is 1. The van der Waals surface area contributed by atoms with Gasteiger partial charge < -0.3 is 10.4 Å². The number of halogens is 1. The van der Waals surface area contributed by atoms with Crippen LogP contribution < -0.4 is 5.32 Å². The highest BCUT2D eigenvalue weighted by molar-refractivity contribution is 7.14. The van der Waals surface area contributed by atoms with Crippen LogP contribution in [0.15, 0.2) is 23.6 Å². The molecule has 0 unspecified atom stereocenters. The molecule has 1 aromatic carbocycles. The predicted molar refractivity (Wildman–Crippen MR) is 63.5 cm³/mol. The van der Waals surface area contributed by atoms with Crippen molar-refractivity contribution in [3.05, 3.63) is 40.7 Å². The van der Waals surface area contributed by atoms with Gasteiger partial charge in [-0.1, -0.05) is 6.07 Å². The van der Waals surface area contributed by atoms with Crippen molar-refractivity contribution >= 4 is 28.1 Å². The molecule has 2 rings (SSSR count). The minimum absolute atomic E-state index is 0.0504. The number of nitrogens with zero attached hydrogens (tertiary/aromatic N) is 1. The van der Waals surface area contributed by atoms with Gasteiger partial charge in [0.25, 0.3) is 0 Å². The topological polar surface area (TPSA) is 62.2 Å². The first-order valence-corrected chi connectivity index (χ1v) is 5.66. The van der Waals surface area contributed by atoms with E-state index in [1.165, 1.54) is 11.4 Å². The largest absolute Gasteiger partial charge is 0.476 e. The Morgan fingerprint density at radius 2 is 2.29 bits per heavy atom. The molecule has 0 saturated carbocycles. The van der Waals surface area contributed by atoms with E-state index >= 15 is 0 Å². The van der Waals surface area contributed by atoms with Crippen LogP contribution in [-0.4, -0.2) is 16.1 Å². The summed E-state index contributed by atoms with van der Waals surface area (Å²) < 4.78 is 13.4. The van der Waals surface area contributed by atoms with Gasteiger partial charge in [0, 0.05) is 5.38 Å². The van der Waals surface area contributed by atoms with E-state index in [2.05, 4.69) is 10.3 Å². The fourth-order valence-electron chi connectivity index (χ4n) is 1.28. The van der Waals surface area contributed by atoms with E-state index in [1.54, 1.807) is 12.1 Å². The fourth-order valence-corrected chi connectivity index (χ4v) is 1.98. The van der Waals surface area contributed by atoms with Crippen LogP contribution in [-0.2, 0) is 0 Å². The van der Waals surface area contributed by atoms with Crippen LogP contribution in [0, 0.1) is 12.7 Å². The Morgan fingerprint density at radius 1 is 1.53 bits per heavy atom. The van der Waals surface area contributed by atoms with Gasteiger partial charge >= 0.3 is 5.97 Å². The summed E-state index contributed by atoms with van der Waals surface area (Å²) in [7, 11) is 0. The Hall–Kier alpha value is -1.95. The molecule has 0 fully saturated rings. The Bertz CT molecular complexity index is 568. The quantitative estimate of drug-likeness (QED) is 0.881. The minimum Gasteiger partial charge on any atom is -0.476 e. The summed E-state index contributed by atoms with van der Waals surface area (Å²) in [6, 6.07) is 4.64. The van der Waals surface area contributed by atoms with Crippen LogP contribution in [0.1, 0.15) is 16.1 Å². The first-order chi connectivity index (χ1) is 8.06. The van der Waals surface area contributed by atoms with Gasteiger partial charge in [-0.2, -0.15) is 0 Å². The standard InChI is InChI=1S/C11H9FN2O2S/c1-6-2-3-7(12)8(4-6)13-11-14-9(5-17-11)10(15)16/h2-5H,1H3,(H,13,14)(H,15,16). The van der Waals surface area contributed by atoms with E-state index in [4.69, 9.17) is 5.11 Å². The van der Waals surface area contributed by atoms with E-state index in [0.717, 1.165) is 16.9 Å². The maximum Gasteiger partial charge on any atom is 0.355 e. The van der Waals surface area contributed by atoms with Crippen LogP contribution in [0.3, 0.4) is 0 Å². The molecule has 0 bridgehead atoms. The molecule has 88 valence electrons. The second-order valence-corrected chi connectivity index (χ2v) is 4.31. The number of hydrogen-bond acceptors (Lipinski definition) is 4. The third kappa shape index (κ3) is 2.59. The van der Waals surface area contributed by atoms with Gasteiger partial charge in [0.15, 0.2) is 10.8 Å². The van der Waals surface area contributed by atoms with Crippen molar-refractivity contribution in [3.8, 4) is 0 Å². The summed E-state index contributed by atoms with van der Waals surface area (Å²) in [6.07, 6.45) is 0. The number of aromatic nitrogens is 1. The predicted octanol–water partition coefficient (Wildman–Crippen LogP) is 3.03. The van der Waals surface area contributed by atoms with E-state index in [9.17, 15) is 9.18 Å². The normalized spacial score (nSPS) is 10.2. The monoisotopic (exact) mass is 252 g/mol. The maximum absolute atomic E-state index is 13.4. The molecule has 2 N–H and O–H groups in total. The average molecular weight is 252 g/mol. The van der Waals surface area contributed by atoms with Gasteiger partial charge in [0.2, 0.25) is 0 Å². The maximum atomic E-state index is 13.4. The number of aryl methyl sites for hydroxylation is 1. The number of nitrogens with one attached hydrogen (secondary N) is 1. The van der Waals surface area contributed by atoms with Gasteiger partial charge in [0.05, 0.1) is 5.69 Å². The van der Waals surface area contributed by atoms with Crippen LogP contribution in [0.4, 0.5) is 15.2 Å². The third-order valence-corrected chi connectivity index (χ3v) is 2.84. The number of aromatic carboxylic acids is 1. The van der Waals surface area contributed by atoms with Crippen molar-refractivity contribution < 1.29 is 14.3 Å². The van der Waals surface area contributed by atoms with E-state index in [-0.39, 0.29) is 11.4 Å². The zero-order valence-corrected chi connectivity index (χ0v) is 9.71. The van der Waals surface area contributed by atoms with Gasteiger partial charge in [-0.25, -0.2) is 14.2 Å². The number of carboxylic acids is 1. The van der Waals surface area contributed by atoms with Gasteiger partial charge in [-0.15, -0.1) is 11.3 Å². The third-order valence-electron chi connectivity index (χ3n) is 2.09. The number of carboxylic acid groups (broad SMARTS) is 1. The van der Waals surface area contributed by atoms with Crippen LogP contribution >= 0.6 is 11.3 Å². The zero-order chi connectivity index (χ0) is 12.4. The average Bonchev–Trinajstić information content (AvgIpc) is 2.72. The molecule has 1 aromatic heterocycles. The molecule has 0 amide bonds. The summed E-state index contributed by atoms with van der Waals surface area (Å²) in [5.41, 5.74) is 1.14. The molecular formula is C11H9FN2O2S. The van der Waals surface area contributed by atoms with Crippen LogP contribution in [0.25, 0.3) is 0 Å². The van der Waals surface area contributed by atoms with Crippen LogP contribution in [0.2, 0.25) is 0 Å². The summed E-state index contributed by atoms with van der Waals surface area (Å²) >= 11 is 1.12. The van der Waals surface area contributed by atoms with Gasteiger partial charge in [-0.3, -0.25) is 0 Å². The highest BCUT2D eigenvalue weighted by atomic mass is 32.1. The number of carbonyl (C=O) groups is 1. The molecule has 0 radical (unpaired) electrons. The number of thiazole rings is 1. The van der Waals surface area contributed by atoms with Crippen molar-refractivity contribution in [3.63, 3.8) is 0 Å². The molecular weight excluding hydrogens is 243 g/mol. The van der Waals surface area contributed by atoms with Crippen molar-refractivity contribution in [1.82, 2.24) is 4.98 Å². The highest BCUT2D eigenvalue weighted by Gasteiger charge is 2.10. The van der Waals surface area contributed by atoms with Crippen molar-refractivity contribution in [2.24, 2.45) is 0 Å². The Morgan fingerprint density at radius 3 is 2.94 bits per heavy atom. The molecule has 6 heteroatoms. The Balaban J connectivity index is 2.25. The Kier molecular flexibility index (Phi) is 3.06. The van der Waals surface area contributed by atoms with Crippen molar-refractivity contribution in [2.75, 3.05) is 5.32 Å². The number of rotatable bonds is 3. The van der Waals surface area contributed by atoms with Crippen LogP contribution in [0.5, 0.6) is 0 Å². The molecule has 0 aliphatic heterocycles. The smallest absolute Gasteiger partial charge is 0.355 e. The highest BCUT2D eigenvalue weighted by Crippen LogP contribution is 2.23. The molecule has 0 aliphatic carbocycles. The first kappa shape index (κ1) is 11.5. The molecule has 17 heavy (non-hydrogen) atoms. The molecule has 0 saturated heterocycles. The lowest BCUT2D eigenvalue weighted by Crippen LogP contribution is -1.98. The number of anilines is 2. The van der Waals surface area contributed by atoms with Gasteiger partial charge in [-0.05, 0) is 24.6 Å². The summed E-state index contributed by atoms with van der Waals surface area (Å²) in [5, 5.41) is 13.2. The molecule has 4 nitrogen and oxygen atoms in total. The molecule has 2 aromatic rings. The molecule has 1 heterocycles. The lowest BCUT2D eigenvalue weighted by Gasteiger charge is -2.04. The second kappa shape index (κ2) is 4.50. The van der Waals surface area contributed by atoms with E-state index in [0.29, 0.717) is 5.13 Å². The molecule has 0 spiro atoms. The summed E-state index contributed by atoms with van der Waals surface area (Å²) in [4.78, 5) is 14.4. The lowest BCUT2D eigenvalue weighted by molar-refractivity contribution is 0.0691. The fraction of sp³-hybridized carbons (Fsp3) is 0.0909. The summed E-state index contributed by atoms with van der Waals surface area (Å²) in [6.45, 7) is 1.84.